The van der Waals surface area contributed by atoms with Gasteiger partial charge in [-0.3, -0.25) is 19.4 Å². The minimum Gasteiger partial charge on any atom is -0.340 e. The van der Waals surface area contributed by atoms with E-state index in [1.54, 1.807) is 0 Å². The van der Waals surface area contributed by atoms with Gasteiger partial charge in [0.25, 0.3) is 0 Å². The van der Waals surface area contributed by atoms with Crippen molar-refractivity contribution in [2.45, 2.75) is 63.7 Å². The number of hydrogen-bond acceptors (Lipinski definition) is 6. The summed E-state index contributed by atoms with van der Waals surface area (Å²) in [6, 6.07) is 16.1. The number of likely N-dealkylation sites (tertiary alicyclic amines) is 2. The second-order valence-electron chi connectivity index (χ2n) is 13.1. The molecule has 4 aromatic rings. The number of likely N-dealkylation sites (N-methyl/N-ethyl adjacent to an activating group) is 2. The molecule has 10 nitrogen and oxygen atoms in total. The quantitative estimate of drug-likeness (QED) is 0.261. The highest BCUT2D eigenvalue weighted by Gasteiger charge is 2.36. The summed E-state index contributed by atoms with van der Waals surface area (Å²) in [4.78, 5) is 51.5. The normalized spacial score (nSPS) is 19.7. The van der Waals surface area contributed by atoms with Gasteiger partial charge in [-0.2, -0.15) is 0 Å². The summed E-state index contributed by atoms with van der Waals surface area (Å²) in [5, 5.41) is 0. The van der Waals surface area contributed by atoms with Gasteiger partial charge < -0.3 is 19.8 Å². The molecule has 0 bridgehead atoms. The number of aromatic amines is 2. The van der Waals surface area contributed by atoms with Gasteiger partial charge >= 0.3 is 0 Å². The third-order valence-electron chi connectivity index (χ3n) is 9.87. The predicted molar refractivity (Wildman–Crippen MR) is 181 cm³/mol. The summed E-state index contributed by atoms with van der Waals surface area (Å²) in [7, 11) is 7.75. The molecule has 46 heavy (non-hydrogen) atoms. The number of carbonyl (C=O) groups excluding carboxylic acids is 2. The molecule has 2 amide bonds. The van der Waals surface area contributed by atoms with E-state index in [4.69, 9.17) is 9.97 Å². The van der Waals surface area contributed by atoms with E-state index < -0.39 is 0 Å². The van der Waals surface area contributed by atoms with E-state index in [1.807, 2.05) is 92.2 Å². The van der Waals surface area contributed by atoms with Crippen molar-refractivity contribution in [2.24, 2.45) is 0 Å². The van der Waals surface area contributed by atoms with Crippen LogP contribution < -0.4 is 0 Å². The molecule has 2 aromatic carbocycles. The molecular weight excluding hydrogens is 576 g/mol. The maximum Gasteiger partial charge on any atom is 0.240 e. The van der Waals surface area contributed by atoms with Crippen molar-refractivity contribution in [2.75, 3.05) is 41.3 Å². The van der Waals surface area contributed by atoms with E-state index in [1.165, 1.54) is 0 Å². The monoisotopic (exact) mass is 622 g/mol. The number of carbonyl (C=O) groups is 2. The second kappa shape index (κ2) is 13.2. The lowest BCUT2D eigenvalue weighted by molar-refractivity contribution is -0.137. The fourth-order valence-corrected chi connectivity index (χ4v) is 6.75. The summed E-state index contributed by atoms with van der Waals surface area (Å²) in [5.41, 5.74) is 5.95. The number of nitrogens with zero attached hydrogens (tertiary/aromatic N) is 6. The van der Waals surface area contributed by atoms with Crippen molar-refractivity contribution in [3.05, 3.63) is 72.6 Å². The first kappa shape index (κ1) is 31.7. The van der Waals surface area contributed by atoms with Gasteiger partial charge in [-0.15, -0.1) is 0 Å². The zero-order chi connectivity index (χ0) is 32.5. The Bertz CT molecular complexity index is 1680. The van der Waals surface area contributed by atoms with E-state index in [9.17, 15) is 9.59 Å². The van der Waals surface area contributed by atoms with Crippen LogP contribution in [0.25, 0.3) is 33.6 Å². The standard InChI is InChI=1S/C36H46N8O2/c1-23(41(3)4)35(45)43-19-11-17-30(43)33-37-21-28(39-33)27-16-10-15-26(25-13-8-7-9-14-25)32(27)29-22-38-34(40-29)31-18-12-20-44(31)36(46)24(2)42(5)6/h7-10,13-16,21-24,30-31H,11-12,17-20H2,1-6H3,(H,37,39)(H,38,40)/t23?,24?,30-,31-/m0/s1. The minimum absolute atomic E-state index is 0.0846. The number of amides is 2. The Labute approximate surface area is 271 Å². The highest BCUT2D eigenvalue weighted by atomic mass is 16.2. The maximum absolute atomic E-state index is 13.4. The van der Waals surface area contributed by atoms with Gasteiger partial charge in [0.15, 0.2) is 0 Å². The molecule has 2 aliphatic rings. The van der Waals surface area contributed by atoms with Gasteiger partial charge in [0, 0.05) is 24.2 Å². The molecule has 4 atom stereocenters. The SMILES string of the molecule is CC(C(=O)N1CCC[C@H]1c1ncc(-c2cccc(-c3ccccc3)c2-c2cnc([C@@H]3CCCN3C(=O)C(C)N(C)C)[nH]2)[nH]1)N(C)C. The van der Waals surface area contributed by atoms with Crippen molar-refractivity contribution in [3.8, 4) is 33.6 Å². The average Bonchev–Trinajstić information content (AvgIpc) is 3.89. The van der Waals surface area contributed by atoms with E-state index in [0.717, 1.165) is 84.1 Å². The van der Waals surface area contributed by atoms with Gasteiger partial charge in [-0.25, -0.2) is 9.97 Å². The van der Waals surface area contributed by atoms with Gasteiger partial charge in [0.1, 0.15) is 11.6 Å². The van der Waals surface area contributed by atoms with Crippen LogP contribution in [0.5, 0.6) is 0 Å². The lowest BCUT2D eigenvalue weighted by Gasteiger charge is -2.29. The average molecular weight is 623 g/mol. The van der Waals surface area contributed by atoms with E-state index >= 15 is 0 Å². The lowest BCUT2D eigenvalue weighted by Crippen LogP contribution is -2.44. The number of hydrogen-bond donors (Lipinski definition) is 2. The minimum atomic E-state index is -0.202. The Balaban J connectivity index is 1.38. The molecule has 2 unspecified atom stereocenters. The van der Waals surface area contributed by atoms with Crippen LogP contribution in [0.1, 0.15) is 63.3 Å². The molecule has 2 aliphatic heterocycles. The van der Waals surface area contributed by atoms with Crippen LogP contribution in [-0.4, -0.2) is 105 Å². The Morgan fingerprint density at radius 2 is 1.22 bits per heavy atom. The molecule has 10 heteroatoms. The van der Waals surface area contributed by atoms with Crippen LogP contribution in [0.15, 0.2) is 60.9 Å². The largest absolute Gasteiger partial charge is 0.340 e. The molecule has 2 N–H and O–H groups in total. The molecule has 0 radical (unpaired) electrons. The molecule has 0 spiro atoms. The zero-order valence-corrected chi connectivity index (χ0v) is 27.8. The molecule has 2 aromatic heterocycles. The van der Waals surface area contributed by atoms with E-state index in [0.29, 0.717) is 0 Å². The van der Waals surface area contributed by atoms with E-state index in [2.05, 4.69) is 40.3 Å². The van der Waals surface area contributed by atoms with Crippen LogP contribution in [0.3, 0.4) is 0 Å². The molecule has 0 saturated carbocycles. The molecule has 242 valence electrons. The molecular formula is C36H46N8O2. The third kappa shape index (κ3) is 5.99. The highest BCUT2D eigenvalue weighted by Crippen LogP contribution is 2.41. The van der Waals surface area contributed by atoms with Crippen LogP contribution >= 0.6 is 0 Å². The highest BCUT2D eigenvalue weighted by molar-refractivity contribution is 5.92. The summed E-state index contributed by atoms with van der Waals surface area (Å²) in [6.07, 6.45) is 7.43. The number of aromatic nitrogens is 4. The Morgan fingerprint density at radius 3 is 1.76 bits per heavy atom. The molecule has 4 heterocycles. The number of nitrogens with one attached hydrogen (secondary N) is 2. The number of imidazole rings is 2. The zero-order valence-electron chi connectivity index (χ0n) is 27.8. The number of benzene rings is 2. The number of rotatable bonds is 9. The molecule has 0 aliphatic carbocycles. The first-order chi connectivity index (χ1) is 22.2. The topological polar surface area (TPSA) is 104 Å². The van der Waals surface area contributed by atoms with Gasteiger partial charge in [0.2, 0.25) is 11.8 Å². The lowest BCUT2D eigenvalue weighted by atomic mass is 9.92. The fraction of sp³-hybridized carbons (Fsp3) is 0.444. The summed E-state index contributed by atoms with van der Waals surface area (Å²) in [6.45, 7) is 5.37. The van der Waals surface area contributed by atoms with Gasteiger partial charge in [-0.1, -0.05) is 48.5 Å². The van der Waals surface area contributed by atoms with Crippen LogP contribution in [0.2, 0.25) is 0 Å². The Morgan fingerprint density at radius 1 is 0.717 bits per heavy atom. The van der Waals surface area contributed by atoms with Crippen molar-refractivity contribution in [3.63, 3.8) is 0 Å². The molecule has 6 rings (SSSR count). The van der Waals surface area contributed by atoms with Crippen molar-refractivity contribution < 1.29 is 9.59 Å². The van der Waals surface area contributed by atoms with Gasteiger partial charge in [0.05, 0.1) is 47.9 Å². The predicted octanol–water partition coefficient (Wildman–Crippen LogP) is 5.36. The molecule has 2 fully saturated rings. The van der Waals surface area contributed by atoms with Crippen LogP contribution in [0.4, 0.5) is 0 Å². The molecule has 2 saturated heterocycles. The smallest absolute Gasteiger partial charge is 0.240 e. The van der Waals surface area contributed by atoms with Gasteiger partial charge in [-0.05, 0) is 78.8 Å². The second-order valence-corrected chi connectivity index (χ2v) is 13.1. The van der Waals surface area contributed by atoms with Crippen molar-refractivity contribution in [1.29, 1.82) is 0 Å². The van der Waals surface area contributed by atoms with Crippen LogP contribution in [0, 0.1) is 0 Å². The maximum atomic E-state index is 13.4. The van der Waals surface area contributed by atoms with Crippen molar-refractivity contribution in [1.82, 2.24) is 39.5 Å². The first-order valence-corrected chi connectivity index (χ1v) is 16.4. The van der Waals surface area contributed by atoms with E-state index in [-0.39, 0.29) is 36.0 Å². The number of H-pyrrole nitrogens is 2. The Kier molecular flexibility index (Phi) is 9.11. The first-order valence-electron chi connectivity index (χ1n) is 16.4. The third-order valence-corrected chi connectivity index (χ3v) is 9.87. The Hall–Kier alpha value is -4.28. The fourth-order valence-electron chi connectivity index (χ4n) is 6.75. The van der Waals surface area contributed by atoms with Crippen molar-refractivity contribution >= 4 is 11.8 Å². The summed E-state index contributed by atoms with van der Waals surface area (Å²) < 4.78 is 0. The summed E-state index contributed by atoms with van der Waals surface area (Å²) in [5.74, 6) is 1.87. The summed E-state index contributed by atoms with van der Waals surface area (Å²) >= 11 is 0. The van der Waals surface area contributed by atoms with Crippen LogP contribution in [-0.2, 0) is 9.59 Å².